The zero-order valence-corrected chi connectivity index (χ0v) is 8.96. The number of pyridine rings is 1. The molecule has 17 heavy (non-hydrogen) atoms. The van der Waals surface area contributed by atoms with Crippen LogP contribution in [-0.2, 0) is 12.8 Å². The van der Waals surface area contributed by atoms with E-state index < -0.39 is 4.92 Å². The molecule has 0 aliphatic heterocycles. The van der Waals surface area contributed by atoms with Gasteiger partial charge in [0.1, 0.15) is 6.20 Å². The van der Waals surface area contributed by atoms with Crippen LogP contribution in [0.15, 0.2) is 24.8 Å². The Balaban J connectivity index is 2.09. The predicted octanol–water partition coefficient (Wildman–Crippen LogP) is 1.08. The number of imidazole rings is 1. The Kier molecular flexibility index (Phi) is 2.99. The van der Waals surface area contributed by atoms with E-state index in [0.717, 1.165) is 5.69 Å². The maximum absolute atomic E-state index is 10.5. The van der Waals surface area contributed by atoms with Gasteiger partial charge in [-0.25, -0.2) is 4.98 Å². The molecule has 0 bridgehead atoms. The Hall–Kier alpha value is -2.44. The first-order chi connectivity index (χ1) is 8.16. The van der Waals surface area contributed by atoms with Crippen molar-refractivity contribution in [3.05, 3.63) is 46.3 Å². The van der Waals surface area contributed by atoms with Crippen molar-refractivity contribution < 1.29 is 4.92 Å². The molecule has 0 atom stereocenters. The fourth-order valence-electron chi connectivity index (χ4n) is 1.48. The van der Waals surface area contributed by atoms with Gasteiger partial charge in [0.25, 0.3) is 5.69 Å². The highest BCUT2D eigenvalue weighted by Crippen LogP contribution is 2.18. The maximum atomic E-state index is 10.5. The second kappa shape index (κ2) is 4.60. The van der Waals surface area contributed by atoms with Gasteiger partial charge in [-0.2, -0.15) is 0 Å². The number of anilines is 1. The molecule has 3 N–H and O–H groups in total. The van der Waals surface area contributed by atoms with Crippen LogP contribution in [0.3, 0.4) is 0 Å². The average Bonchev–Trinajstić information content (AvgIpc) is 2.80. The average molecular weight is 233 g/mol. The lowest BCUT2D eigenvalue weighted by Crippen LogP contribution is -2.02. The third-order valence-corrected chi connectivity index (χ3v) is 2.37. The first-order valence-corrected chi connectivity index (χ1v) is 5.03. The van der Waals surface area contributed by atoms with Gasteiger partial charge in [0, 0.05) is 12.3 Å². The Morgan fingerprint density at radius 3 is 2.82 bits per heavy atom. The third kappa shape index (κ3) is 2.57. The largest absolute Gasteiger partial charge is 0.397 e. The van der Waals surface area contributed by atoms with Crippen molar-refractivity contribution in [2.24, 2.45) is 0 Å². The summed E-state index contributed by atoms with van der Waals surface area (Å²) in [7, 11) is 0. The summed E-state index contributed by atoms with van der Waals surface area (Å²) in [5.74, 6) is 0. The van der Waals surface area contributed by atoms with E-state index in [9.17, 15) is 10.1 Å². The van der Waals surface area contributed by atoms with Crippen LogP contribution >= 0.6 is 0 Å². The summed E-state index contributed by atoms with van der Waals surface area (Å²) in [6, 6.07) is 1.33. The minimum Gasteiger partial charge on any atom is -0.397 e. The lowest BCUT2D eigenvalue weighted by atomic mass is 10.1. The Morgan fingerprint density at radius 2 is 2.24 bits per heavy atom. The summed E-state index contributed by atoms with van der Waals surface area (Å²) in [5, 5.41) is 10.5. The van der Waals surface area contributed by atoms with Crippen molar-refractivity contribution in [1.29, 1.82) is 0 Å². The summed E-state index contributed by atoms with van der Waals surface area (Å²) < 4.78 is 0. The molecule has 0 spiro atoms. The number of hydrogen-bond donors (Lipinski definition) is 2. The van der Waals surface area contributed by atoms with Gasteiger partial charge in [0.05, 0.1) is 28.3 Å². The lowest BCUT2D eigenvalue weighted by Gasteiger charge is -2.02. The molecule has 88 valence electrons. The van der Waals surface area contributed by atoms with Crippen molar-refractivity contribution >= 4 is 11.4 Å². The van der Waals surface area contributed by atoms with E-state index in [1.54, 1.807) is 12.5 Å². The minimum absolute atomic E-state index is 0.0916. The highest BCUT2D eigenvalue weighted by atomic mass is 16.6. The van der Waals surface area contributed by atoms with Gasteiger partial charge in [0.15, 0.2) is 0 Å². The van der Waals surface area contributed by atoms with Crippen LogP contribution in [0, 0.1) is 10.1 Å². The number of rotatable bonds is 4. The van der Waals surface area contributed by atoms with Crippen molar-refractivity contribution in [3.63, 3.8) is 0 Å². The highest BCUT2D eigenvalue weighted by molar-refractivity contribution is 5.49. The molecule has 7 heteroatoms. The number of nitrogens with two attached hydrogens (primary N) is 1. The lowest BCUT2D eigenvalue weighted by molar-refractivity contribution is -0.385. The van der Waals surface area contributed by atoms with Gasteiger partial charge in [-0.15, -0.1) is 0 Å². The van der Waals surface area contributed by atoms with Crippen molar-refractivity contribution in [2.45, 2.75) is 12.8 Å². The molecular formula is C10H11N5O2. The molecule has 0 amide bonds. The number of aromatic nitrogens is 3. The number of aryl methyl sites for hydroxylation is 2. The van der Waals surface area contributed by atoms with Crippen LogP contribution in [0.5, 0.6) is 0 Å². The molecule has 0 fully saturated rings. The summed E-state index contributed by atoms with van der Waals surface area (Å²) >= 11 is 0. The maximum Gasteiger partial charge on any atom is 0.289 e. The summed E-state index contributed by atoms with van der Waals surface area (Å²) in [5.41, 5.74) is 7.51. The molecule has 0 saturated carbocycles. The summed E-state index contributed by atoms with van der Waals surface area (Å²) in [6.07, 6.45) is 5.91. The Morgan fingerprint density at radius 1 is 1.41 bits per heavy atom. The van der Waals surface area contributed by atoms with Gasteiger partial charge in [0.2, 0.25) is 0 Å². The van der Waals surface area contributed by atoms with Gasteiger partial charge in [-0.05, 0) is 12.8 Å². The van der Waals surface area contributed by atoms with E-state index in [-0.39, 0.29) is 5.69 Å². The Bertz CT molecular complexity index is 523. The molecule has 0 unspecified atom stereocenters. The molecular weight excluding hydrogens is 222 g/mol. The van der Waals surface area contributed by atoms with E-state index in [1.165, 1.54) is 12.3 Å². The quantitative estimate of drug-likeness (QED) is 0.606. The zero-order chi connectivity index (χ0) is 12.3. The second-order valence-corrected chi connectivity index (χ2v) is 3.55. The molecule has 2 rings (SSSR count). The van der Waals surface area contributed by atoms with Gasteiger partial charge in [-0.3, -0.25) is 15.1 Å². The van der Waals surface area contributed by atoms with Crippen LogP contribution < -0.4 is 5.73 Å². The first-order valence-electron chi connectivity index (χ1n) is 5.03. The predicted molar refractivity (Wildman–Crippen MR) is 61.3 cm³/mol. The molecule has 0 aliphatic rings. The molecule has 0 radical (unpaired) electrons. The fourth-order valence-corrected chi connectivity index (χ4v) is 1.48. The molecule has 0 aliphatic carbocycles. The van der Waals surface area contributed by atoms with Crippen LogP contribution in [-0.4, -0.2) is 19.9 Å². The minimum atomic E-state index is -0.513. The highest BCUT2D eigenvalue weighted by Gasteiger charge is 2.10. The van der Waals surface area contributed by atoms with E-state index in [4.69, 9.17) is 5.73 Å². The van der Waals surface area contributed by atoms with Crippen LogP contribution in [0.1, 0.15) is 11.4 Å². The van der Waals surface area contributed by atoms with Crippen molar-refractivity contribution in [2.75, 3.05) is 5.73 Å². The normalized spacial score (nSPS) is 10.4. The standard InChI is InChI=1S/C10H11N5O2/c11-9-3-8(15(16)17)5-13-10(9)2-1-7-4-12-6-14-7/h3-6H,1-2,11H2,(H,12,14). The van der Waals surface area contributed by atoms with Gasteiger partial charge >= 0.3 is 0 Å². The smallest absolute Gasteiger partial charge is 0.289 e. The molecule has 2 aromatic heterocycles. The summed E-state index contributed by atoms with van der Waals surface area (Å²) in [4.78, 5) is 20.9. The van der Waals surface area contributed by atoms with Crippen LogP contribution in [0.4, 0.5) is 11.4 Å². The van der Waals surface area contributed by atoms with Crippen LogP contribution in [0.25, 0.3) is 0 Å². The number of nitrogens with one attached hydrogen (secondary N) is 1. The first kappa shape index (κ1) is 11.1. The number of aromatic amines is 1. The number of nitrogens with zero attached hydrogens (tertiary/aromatic N) is 3. The molecule has 0 aromatic carbocycles. The summed E-state index contributed by atoms with van der Waals surface area (Å²) in [6.45, 7) is 0. The number of H-pyrrole nitrogens is 1. The van der Waals surface area contributed by atoms with Crippen LogP contribution in [0.2, 0.25) is 0 Å². The SMILES string of the molecule is Nc1cc([N+](=O)[O-])cnc1CCc1c[nH]cn1. The monoisotopic (exact) mass is 233 g/mol. The molecule has 2 heterocycles. The van der Waals surface area contributed by atoms with E-state index in [1.807, 2.05) is 0 Å². The topological polar surface area (TPSA) is 111 Å². The second-order valence-electron chi connectivity index (χ2n) is 3.55. The third-order valence-electron chi connectivity index (χ3n) is 2.37. The van der Waals surface area contributed by atoms with Crippen molar-refractivity contribution in [1.82, 2.24) is 15.0 Å². The molecule has 2 aromatic rings. The van der Waals surface area contributed by atoms with Gasteiger partial charge < -0.3 is 10.7 Å². The van der Waals surface area contributed by atoms with E-state index in [0.29, 0.717) is 24.2 Å². The number of hydrogen-bond acceptors (Lipinski definition) is 5. The van der Waals surface area contributed by atoms with Gasteiger partial charge in [-0.1, -0.05) is 0 Å². The van der Waals surface area contributed by atoms with E-state index >= 15 is 0 Å². The van der Waals surface area contributed by atoms with E-state index in [2.05, 4.69) is 15.0 Å². The number of nitrogen functional groups attached to an aromatic ring is 1. The zero-order valence-electron chi connectivity index (χ0n) is 8.96. The van der Waals surface area contributed by atoms with Crippen molar-refractivity contribution in [3.8, 4) is 0 Å². The molecule has 0 saturated heterocycles. The molecule has 7 nitrogen and oxygen atoms in total. The fraction of sp³-hybridized carbons (Fsp3) is 0.200. The Labute approximate surface area is 96.9 Å². The number of nitro groups is 1.